The van der Waals surface area contributed by atoms with Gasteiger partial charge in [-0.05, 0) is 49.8 Å². The predicted octanol–water partition coefficient (Wildman–Crippen LogP) is 2.22. The molecule has 0 radical (unpaired) electrons. The van der Waals surface area contributed by atoms with Gasteiger partial charge in [-0.15, -0.1) is 0 Å². The molecule has 0 aromatic heterocycles. The summed E-state index contributed by atoms with van der Waals surface area (Å²) >= 11 is 0. The van der Waals surface area contributed by atoms with Gasteiger partial charge in [-0.1, -0.05) is 19.1 Å². The van der Waals surface area contributed by atoms with Crippen LogP contribution in [0.5, 0.6) is 0 Å². The lowest BCUT2D eigenvalue weighted by molar-refractivity contribution is -0.142. The molecule has 2 amide bonds. The van der Waals surface area contributed by atoms with Crippen LogP contribution < -0.4 is 5.32 Å². The number of likely N-dealkylation sites (tertiary alicyclic amines) is 1. The number of benzene rings is 1. The number of carbonyl (C=O) groups excluding carboxylic acids is 2. The first-order valence-corrected chi connectivity index (χ1v) is 8.92. The Labute approximate surface area is 148 Å². The lowest BCUT2D eigenvalue weighted by Crippen LogP contribution is -2.52. The lowest BCUT2D eigenvalue weighted by atomic mass is 10.0. The van der Waals surface area contributed by atoms with Gasteiger partial charge in [-0.3, -0.25) is 9.59 Å². The van der Waals surface area contributed by atoms with Gasteiger partial charge in [0.05, 0.1) is 5.56 Å². The minimum atomic E-state index is -0.960. The van der Waals surface area contributed by atoms with Crippen LogP contribution in [-0.4, -0.2) is 46.9 Å². The van der Waals surface area contributed by atoms with Crippen LogP contribution in [-0.2, 0) is 16.0 Å². The molecule has 136 valence electrons. The highest BCUT2D eigenvalue weighted by molar-refractivity contribution is 5.88. The number of carboxylic acids is 1. The number of carbonyl (C=O) groups is 3. The van der Waals surface area contributed by atoms with Crippen LogP contribution in [0.15, 0.2) is 24.3 Å². The van der Waals surface area contributed by atoms with Gasteiger partial charge in [-0.25, -0.2) is 4.79 Å². The molecular formula is C19H26N2O4. The van der Waals surface area contributed by atoms with Gasteiger partial charge in [0.2, 0.25) is 11.8 Å². The van der Waals surface area contributed by atoms with Crippen LogP contribution in [0.25, 0.3) is 0 Å². The van der Waals surface area contributed by atoms with E-state index in [1.807, 2.05) is 13.0 Å². The number of nitrogens with zero attached hydrogens (tertiary/aromatic N) is 1. The second-order valence-electron chi connectivity index (χ2n) is 6.40. The lowest BCUT2D eigenvalue weighted by Gasteiger charge is -2.34. The zero-order chi connectivity index (χ0) is 18.2. The first-order chi connectivity index (χ1) is 12.0. The van der Waals surface area contributed by atoms with Crippen molar-refractivity contribution in [2.45, 2.75) is 51.5 Å². The Hall–Kier alpha value is -2.37. The van der Waals surface area contributed by atoms with Gasteiger partial charge in [0, 0.05) is 19.5 Å². The Bertz CT molecular complexity index is 630. The zero-order valence-corrected chi connectivity index (χ0v) is 14.7. The van der Waals surface area contributed by atoms with Crippen LogP contribution in [0.2, 0.25) is 0 Å². The maximum atomic E-state index is 12.5. The van der Waals surface area contributed by atoms with E-state index in [4.69, 9.17) is 5.11 Å². The third-order valence-electron chi connectivity index (χ3n) is 4.48. The summed E-state index contributed by atoms with van der Waals surface area (Å²) in [6.45, 7) is 3.04. The summed E-state index contributed by atoms with van der Waals surface area (Å²) in [5, 5.41) is 11.9. The van der Waals surface area contributed by atoms with Gasteiger partial charge in [0.15, 0.2) is 0 Å². The molecule has 1 aromatic carbocycles. The standard InChI is InChI=1S/C19H26N2O4/c1-2-6-17(22)21-12-4-3-9-16(21)18(23)20-11-10-14-7-5-8-15(13-14)19(24)25/h5,7-8,13,16H,2-4,6,9-12H2,1H3,(H,20,23)(H,24,25). The SMILES string of the molecule is CCCC(=O)N1CCCCC1C(=O)NCCc1cccc(C(=O)O)c1. The minimum Gasteiger partial charge on any atom is -0.478 e. The van der Waals surface area contributed by atoms with E-state index in [-0.39, 0.29) is 23.4 Å². The van der Waals surface area contributed by atoms with Crippen LogP contribution in [0.1, 0.15) is 54.9 Å². The molecule has 1 heterocycles. The fraction of sp³-hybridized carbons (Fsp3) is 0.526. The largest absolute Gasteiger partial charge is 0.478 e. The quantitative estimate of drug-likeness (QED) is 0.792. The van der Waals surface area contributed by atoms with Gasteiger partial charge < -0.3 is 15.3 Å². The van der Waals surface area contributed by atoms with E-state index in [9.17, 15) is 14.4 Å². The number of amides is 2. The highest BCUT2D eigenvalue weighted by atomic mass is 16.4. The topological polar surface area (TPSA) is 86.7 Å². The molecule has 0 bridgehead atoms. The van der Waals surface area contributed by atoms with Crippen molar-refractivity contribution in [2.75, 3.05) is 13.1 Å². The molecule has 1 aliphatic rings. The fourth-order valence-electron chi connectivity index (χ4n) is 3.17. The van der Waals surface area contributed by atoms with E-state index >= 15 is 0 Å². The number of hydrogen-bond acceptors (Lipinski definition) is 3. The average molecular weight is 346 g/mol. The zero-order valence-electron chi connectivity index (χ0n) is 14.7. The second-order valence-corrected chi connectivity index (χ2v) is 6.40. The molecule has 1 fully saturated rings. The Kier molecular flexibility index (Phi) is 6.98. The third kappa shape index (κ3) is 5.31. The monoisotopic (exact) mass is 346 g/mol. The number of piperidine rings is 1. The van der Waals surface area contributed by atoms with E-state index in [2.05, 4.69) is 5.32 Å². The van der Waals surface area contributed by atoms with E-state index in [1.165, 1.54) is 0 Å². The van der Waals surface area contributed by atoms with Crippen LogP contribution >= 0.6 is 0 Å². The van der Waals surface area contributed by atoms with E-state index in [0.717, 1.165) is 24.8 Å². The highest BCUT2D eigenvalue weighted by Gasteiger charge is 2.31. The predicted molar refractivity (Wildman–Crippen MR) is 94.4 cm³/mol. The molecule has 0 spiro atoms. The maximum Gasteiger partial charge on any atom is 0.335 e. The molecule has 6 nitrogen and oxygen atoms in total. The minimum absolute atomic E-state index is 0.0523. The van der Waals surface area contributed by atoms with Gasteiger partial charge >= 0.3 is 5.97 Å². The summed E-state index contributed by atoms with van der Waals surface area (Å²) in [4.78, 5) is 37.4. The van der Waals surface area contributed by atoms with Gasteiger partial charge in [0.1, 0.15) is 6.04 Å². The van der Waals surface area contributed by atoms with Crippen LogP contribution in [0.3, 0.4) is 0 Å². The first kappa shape index (κ1) is 19.0. The molecule has 6 heteroatoms. The van der Waals surface area contributed by atoms with E-state index in [0.29, 0.717) is 32.4 Å². The molecule has 2 N–H and O–H groups in total. The van der Waals surface area contributed by atoms with Crippen LogP contribution in [0, 0.1) is 0 Å². The summed E-state index contributed by atoms with van der Waals surface area (Å²) < 4.78 is 0. The number of carboxylic acid groups (broad SMARTS) is 1. The van der Waals surface area contributed by atoms with Crippen LogP contribution in [0.4, 0.5) is 0 Å². The molecule has 1 saturated heterocycles. The number of nitrogens with one attached hydrogen (secondary N) is 1. The Morgan fingerprint density at radius 1 is 1.28 bits per heavy atom. The summed E-state index contributed by atoms with van der Waals surface area (Å²) in [6.07, 6.45) is 4.42. The van der Waals surface area contributed by atoms with Crippen molar-refractivity contribution in [2.24, 2.45) is 0 Å². The first-order valence-electron chi connectivity index (χ1n) is 8.92. The summed E-state index contributed by atoms with van der Waals surface area (Å²) in [7, 11) is 0. The van der Waals surface area contributed by atoms with Crippen molar-refractivity contribution in [1.29, 1.82) is 0 Å². The van der Waals surface area contributed by atoms with Crippen molar-refractivity contribution < 1.29 is 19.5 Å². The second kappa shape index (κ2) is 9.20. The molecule has 1 aromatic rings. The Balaban J connectivity index is 1.89. The van der Waals surface area contributed by atoms with Crippen molar-refractivity contribution in [3.05, 3.63) is 35.4 Å². The highest BCUT2D eigenvalue weighted by Crippen LogP contribution is 2.18. The molecule has 2 rings (SSSR count). The Morgan fingerprint density at radius 2 is 2.08 bits per heavy atom. The Morgan fingerprint density at radius 3 is 2.80 bits per heavy atom. The molecule has 1 unspecified atom stereocenters. The molecule has 25 heavy (non-hydrogen) atoms. The molecular weight excluding hydrogens is 320 g/mol. The van der Waals surface area contributed by atoms with Crippen molar-refractivity contribution in [1.82, 2.24) is 10.2 Å². The fourth-order valence-corrected chi connectivity index (χ4v) is 3.17. The molecule has 0 saturated carbocycles. The van der Waals surface area contributed by atoms with E-state index < -0.39 is 5.97 Å². The van der Waals surface area contributed by atoms with Crippen molar-refractivity contribution >= 4 is 17.8 Å². The molecule has 1 aliphatic heterocycles. The number of rotatable bonds is 7. The summed E-state index contributed by atoms with van der Waals surface area (Å²) in [6, 6.07) is 6.33. The third-order valence-corrected chi connectivity index (χ3v) is 4.48. The summed E-state index contributed by atoms with van der Waals surface area (Å²) in [5.41, 5.74) is 1.11. The maximum absolute atomic E-state index is 12.5. The van der Waals surface area contributed by atoms with Gasteiger partial charge in [0.25, 0.3) is 0 Å². The van der Waals surface area contributed by atoms with Crippen molar-refractivity contribution in [3.63, 3.8) is 0 Å². The summed E-state index contributed by atoms with van der Waals surface area (Å²) in [5.74, 6) is -1.02. The van der Waals surface area contributed by atoms with Crippen molar-refractivity contribution in [3.8, 4) is 0 Å². The van der Waals surface area contributed by atoms with E-state index in [1.54, 1.807) is 23.1 Å². The normalized spacial score (nSPS) is 17.2. The molecule has 0 aliphatic carbocycles. The van der Waals surface area contributed by atoms with Gasteiger partial charge in [-0.2, -0.15) is 0 Å². The number of aromatic carboxylic acids is 1. The average Bonchev–Trinajstić information content (AvgIpc) is 2.62. The smallest absolute Gasteiger partial charge is 0.335 e. The molecule has 1 atom stereocenters. The number of hydrogen-bond donors (Lipinski definition) is 2.